The summed E-state index contributed by atoms with van der Waals surface area (Å²) in [6, 6.07) is 20.7. The molecule has 0 atom stereocenters. The minimum atomic E-state index is -1.04. The predicted molar refractivity (Wildman–Crippen MR) is 86.2 cm³/mol. The zero-order chi connectivity index (χ0) is 15.8. The summed E-state index contributed by atoms with van der Waals surface area (Å²) in [5.41, 5.74) is 3.00. The van der Waals surface area contributed by atoms with Gasteiger partial charge in [-0.1, -0.05) is 54.6 Å². The summed E-state index contributed by atoms with van der Waals surface area (Å²) in [7, 11) is 0. The number of hydrogen-bond donors (Lipinski definition) is 1. The Balaban J connectivity index is 1.98. The Morgan fingerprint density at radius 1 is 1.00 bits per heavy atom. The molecule has 0 spiro atoms. The van der Waals surface area contributed by atoms with Crippen LogP contribution in [0.15, 0.2) is 71.2 Å². The largest absolute Gasteiger partial charge is 0.354 e. The number of hydroxylamine groups is 1. The van der Waals surface area contributed by atoms with Crippen LogP contribution in [-0.4, -0.2) is 11.5 Å². The van der Waals surface area contributed by atoms with Crippen LogP contribution in [0.1, 0.15) is 19.4 Å². The lowest BCUT2D eigenvalue weighted by Crippen LogP contribution is -2.41. The second-order valence-electron chi connectivity index (χ2n) is 5.32. The van der Waals surface area contributed by atoms with E-state index >= 15 is 0 Å². The Kier molecular flexibility index (Phi) is 5.44. The van der Waals surface area contributed by atoms with Gasteiger partial charge in [-0.3, -0.25) is 9.63 Å². The number of benzene rings is 1. The van der Waals surface area contributed by atoms with E-state index < -0.39 is 5.60 Å². The van der Waals surface area contributed by atoms with Gasteiger partial charge in [-0.15, -0.1) is 0 Å². The van der Waals surface area contributed by atoms with Crippen LogP contribution < -0.4 is 10.9 Å². The molecule has 0 aliphatic carbocycles. The smallest absolute Gasteiger partial charge is 0.269 e. The van der Waals surface area contributed by atoms with Gasteiger partial charge < -0.3 is 0 Å². The zero-order valence-corrected chi connectivity index (χ0v) is 12.8. The second kappa shape index (κ2) is 7.52. The number of carbonyl (C=O) groups is 1. The van der Waals surface area contributed by atoms with Gasteiger partial charge in [0.15, 0.2) is 0 Å². The van der Waals surface area contributed by atoms with E-state index in [2.05, 4.69) is 5.48 Å². The van der Waals surface area contributed by atoms with Gasteiger partial charge in [0.25, 0.3) is 0 Å². The van der Waals surface area contributed by atoms with Crippen LogP contribution >= 0.6 is 0 Å². The van der Waals surface area contributed by atoms with E-state index in [0.717, 1.165) is 5.56 Å². The van der Waals surface area contributed by atoms with Crippen molar-refractivity contribution in [2.24, 2.45) is 0 Å². The van der Waals surface area contributed by atoms with Gasteiger partial charge in [-0.25, -0.2) is 9.90 Å². The minimum absolute atomic E-state index is 0.308. The van der Waals surface area contributed by atoms with Crippen molar-refractivity contribution in [1.29, 1.82) is 0 Å². The van der Waals surface area contributed by atoms with Crippen LogP contribution in [0.25, 0.3) is 0 Å². The van der Waals surface area contributed by atoms with E-state index in [9.17, 15) is 4.79 Å². The average molecular weight is 298 g/mol. The molecule has 0 aromatic heterocycles. The maximum Gasteiger partial charge on any atom is 0.354 e. The Morgan fingerprint density at radius 2 is 1.55 bits per heavy atom. The first-order chi connectivity index (χ1) is 10.6. The lowest BCUT2D eigenvalue weighted by atomic mass is 10.1. The number of amides is 1. The van der Waals surface area contributed by atoms with Crippen molar-refractivity contribution in [3.63, 3.8) is 0 Å². The van der Waals surface area contributed by atoms with Gasteiger partial charge in [0.1, 0.15) is 0 Å². The molecule has 1 N–H and O–H groups in total. The standard InChI is InChI=1S/C18H19NO3/c1-18(2,22-16-12-8-3-4-9-13-16)17(20)19-21-14-15-10-6-5-7-11-15/h3-13H,14H2,1-2H3/p+1. The zero-order valence-electron chi connectivity index (χ0n) is 12.8. The molecule has 2 aromatic carbocycles. The summed E-state index contributed by atoms with van der Waals surface area (Å²) in [6.07, 6.45) is 0. The monoisotopic (exact) mass is 298 g/mol. The van der Waals surface area contributed by atoms with E-state index in [0.29, 0.717) is 12.0 Å². The first-order valence-electron chi connectivity index (χ1n) is 7.11. The summed E-state index contributed by atoms with van der Waals surface area (Å²) in [5, 5.41) is 0. The Hall–Kier alpha value is -2.46. The van der Waals surface area contributed by atoms with Crippen LogP contribution in [0.2, 0.25) is 0 Å². The van der Waals surface area contributed by atoms with Crippen molar-refractivity contribution < 1.29 is 9.63 Å². The van der Waals surface area contributed by atoms with E-state index in [1.54, 1.807) is 26.0 Å². The van der Waals surface area contributed by atoms with Crippen molar-refractivity contribution >= 4 is 5.91 Å². The van der Waals surface area contributed by atoms with Gasteiger partial charge in [0, 0.05) is 26.0 Å². The third kappa shape index (κ3) is 4.82. The molecule has 2 aromatic rings. The summed E-state index contributed by atoms with van der Waals surface area (Å²) >= 11 is 0. The van der Waals surface area contributed by atoms with E-state index in [1.807, 2.05) is 54.6 Å². The van der Waals surface area contributed by atoms with E-state index in [4.69, 9.17) is 9.26 Å². The molecule has 1 amide bonds. The van der Waals surface area contributed by atoms with Crippen molar-refractivity contribution in [3.05, 3.63) is 82.1 Å². The molecule has 0 bridgehead atoms. The van der Waals surface area contributed by atoms with E-state index in [1.165, 1.54) is 0 Å². The average Bonchev–Trinajstić information content (AvgIpc) is 2.76. The topological polar surface area (TPSA) is 49.6 Å². The Bertz CT molecular complexity index is 659. The minimum Gasteiger partial charge on any atom is -0.269 e. The van der Waals surface area contributed by atoms with Crippen molar-refractivity contribution in [2.45, 2.75) is 26.1 Å². The molecule has 4 nitrogen and oxygen atoms in total. The molecule has 0 aliphatic heterocycles. The van der Waals surface area contributed by atoms with Crippen molar-refractivity contribution in [2.75, 3.05) is 0 Å². The molecule has 22 heavy (non-hydrogen) atoms. The summed E-state index contributed by atoms with van der Waals surface area (Å²) in [6.45, 7) is 3.70. The Morgan fingerprint density at radius 3 is 2.18 bits per heavy atom. The quantitative estimate of drug-likeness (QED) is 0.681. The summed E-state index contributed by atoms with van der Waals surface area (Å²) in [4.78, 5) is 17.4. The first kappa shape index (κ1) is 15.9. The van der Waals surface area contributed by atoms with Gasteiger partial charge in [-0.05, 0) is 5.56 Å². The SMILES string of the molecule is CC(C)([O+]=c1cccccc1)C(=O)NOCc1ccccc1. The second-order valence-corrected chi connectivity index (χ2v) is 5.32. The number of nitrogens with one attached hydrogen (secondary N) is 1. The normalized spacial score (nSPS) is 10.8. The van der Waals surface area contributed by atoms with Gasteiger partial charge in [0.2, 0.25) is 0 Å². The van der Waals surface area contributed by atoms with Crippen molar-refractivity contribution in [3.8, 4) is 0 Å². The maximum atomic E-state index is 12.2. The fourth-order valence-corrected chi connectivity index (χ4v) is 1.78. The molecule has 2 rings (SSSR count). The molecule has 0 unspecified atom stereocenters. The molecular weight excluding hydrogens is 278 g/mol. The van der Waals surface area contributed by atoms with Gasteiger partial charge in [0.05, 0.1) is 6.61 Å². The highest BCUT2D eigenvalue weighted by atomic mass is 16.7. The molecule has 0 aliphatic rings. The first-order valence-corrected chi connectivity index (χ1v) is 7.11. The number of rotatable bonds is 5. The van der Waals surface area contributed by atoms with Crippen LogP contribution in [0.4, 0.5) is 0 Å². The molecule has 0 saturated heterocycles. The highest BCUT2D eigenvalue weighted by Gasteiger charge is 2.39. The highest BCUT2D eigenvalue weighted by Crippen LogP contribution is 2.08. The third-order valence-corrected chi connectivity index (χ3v) is 3.02. The van der Waals surface area contributed by atoms with Crippen LogP contribution in [0.3, 0.4) is 0 Å². The molecule has 4 heteroatoms. The molecule has 0 saturated carbocycles. The molecule has 0 radical (unpaired) electrons. The van der Waals surface area contributed by atoms with Crippen LogP contribution in [-0.2, 0) is 16.2 Å². The van der Waals surface area contributed by atoms with E-state index in [-0.39, 0.29) is 5.91 Å². The highest BCUT2D eigenvalue weighted by molar-refractivity contribution is 5.86. The maximum absolute atomic E-state index is 12.2. The predicted octanol–water partition coefficient (Wildman–Crippen LogP) is 2.61. The van der Waals surface area contributed by atoms with Gasteiger partial charge in [-0.2, -0.15) is 0 Å². The number of hydrogen-bond acceptors (Lipinski definition) is 2. The lowest BCUT2D eigenvalue weighted by Gasteiger charge is -2.10. The molecule has 114 valence electrons. The van der Waals surface area contributed by atoms with Gasteiger partial charge >= 0.3 is 16.9 Å². The fraction of sp³-hybridized carbons (Fsp3) is 0.222. The summed E-state index contributed by atoms with van der Waals surface area (Å²) < 4.78 is 5.73. The molecular formula is C18H20NO3+. The fourth-order valence-electron chi connectivity index (χ4n) is 1.78. The lowest BCUT2D eigenvalue weighted by molar-refractivity contribution is -0.138. The molecule has 0 heterocycles. The van der Waals surface area contributed by atoms with Crippen LogP contribution in [0, 0.1) is 0 Å². The van der Waals surface area contributed by atoms with Crippen molar-refractivity contribution in [1.82, 2.24) is 5.48 Å². The molecule has 0 fully saturated rings. The third-order valence-electron chi connectivity index (χ3n) is 3.02. The Labute approximate surface area is 130 Å². The van der Waals surface area contributed by atoms with Crippen LogP contribution in [0.5, 0.6) is 0 Å². The summed E-state index contributed by atoms with van der Waals surface area (Å²) in [5.74, 6) is -0.338. The number of carbonyl (C=O) groups excluding carboxylic acids is 1.